The number of aliphatic hydroxyl groups is 1. The van der Waals surface area contributed by atoms with Crippen molar-refractivity contribution in [1.29, 1.82) is 0 Å². The molecule has 5 rings (SSSR count). The van der Waals surface area contributed by atoms with Crippen LogP contribution in [0.1, 0.15) is 38.5 Å². The maximum atomic E-state index is 12.2. The average molecular weight is 369 g/mol. The van der Waals surface area contributed by atoms with Gasteiger partial charge in [0.25, 0.3) is 0 Å². The van der Waals surface area contributed by atoms with Gasteiger partial charge < -0.3 is 14.6 Å². The van der Waals surface area contributed by atoms with Crippen molar-refractivity contribution in [2.45, 2.75) is 49.7 Å². The van der Waals surface area contributed by atoms with Gasteiger partial charge in [0.05, 0.1) is 12.1 Å². The molecule has 1 saturated heterocycles. The Balaban J connectivity index is 1.25. The van der Waals surface area contributed by atoms with Crippen molar-refractivity contribution in [3.63, 3.8) is 0 Å². The summed E-state index contributed by atoms with van der Waals surface area (Å²) >= 11 is 1.89. The third-order valence-corrected chi connectivity index (χ3v) is 7.06. The van der Waals surface area contributed by atoms with E-state index in [0.29, 0.717) is 18.3 Å². The van der Waals surface area contributed by atoms with E-state index in [9.17, 15) is 14.7 Å². The van der Waals surface area contributed by atoms with Gasteiger partial charge in [0.2, 0.25) is 0 Å². The Hall–Kier alpha value is -0.790. The number of thioether (sulfide) groups is 1. The highest BCUT2D eigenvalue weighted by atomic mass is 32.2. The molecular weight excluding hydrogens is 342 g/mol. The van der Waals surface area contributed by atoms with Gasteiger partial charge in [-0.15, -0.1) is 0 Å². The summed E-state index contributed by atoms with van der Waals surface area (Å²) in [4.78, 5) is 26.2. The van der Waals surface area contributed by atoms with Crippen LogP contribution in [0.15, 0.2) is 0 Å². The second-order valence-electron chi connectivity index (χ2n) is 8.39. The summed E-state index contributed by atoms with van der Waals surface area (Å²) in [6.45, 7) is 1.68. The normalized spacial score (nSPS) is 40.0. The van der Waals surface area contributed by atoms with Crippen LogP contribution in [0.25, 0.3) is 0 Å². The Kier molecular flexibility index (Phi) is 4.75. The molecule has 0 aromatic heterocycles. The van der Waals surface area contributed by atoms with Crippen molar-refractivity contribution < 1.29 is 24.2 Å². The molecule has 4 saturated carbocycles. The molecule has 5 fully saturated rings. The first kappa shape index (κ1) is 17.6. The summed E-state index contributed by atoms with van der Waals surface area (Å²) in [5.41, 5.74) is -1.19. The first-order valence-corrected chi connectivity index (χ1v) is 10.5. The Morgan fingerprint density at radius 2 is 1.76 bits per heavy atom. The molecule has 0 radical (unpaired) electrons. The van der Waals surface area contributed by atoms with Gasteiger partial charge in [0.1, 0.15) is 5.60 Å². The molecule has 140 valence electrons. The first-order chi connectivity index (χ1) is 11.9. The predicted molar refractivity (Wildman–Crippen MR) is 93.2 cm³/mol. The van der Waals surface area contributed by atoms with E-state index in [-0.39, 0.29) is 19.1 Å². The second kappa shape index (κ2) is 6.74. The van der Waals surface area contributed by atoms with Gasteiger partial charge in [-0.2, -0.15) is 11.8 Å². The van der Waals surface area contributed by atoms with Gasteiger partial charge in [-0.25, -0.2) is 4.79 Å². The van der Waals surface area contributed by atoms with E-state index >= 15 is 0 Å². The van der Waals surface area contributed by atoms with Gasteiger partial charge in [-0.05, 0) is 43.9 Å². The zero-order valence-corrected chi connectivity index (χ0v) is 15.4. The zero-order chi connectivity index (χ0) is 17.5. The minimum absolute atomic E-state index is 0.239. The molecule has 2 unspecified atom stereocenters. The molecule has 0 aromatic rings. The highest BCUT2D eigenvalue weighted by molar-refractivity contribution is 7.99. The van der Waals surface area contributed by atoms with Crippen LogP contribution < -0.4 is 0 Å². The lowest BCUT2D eigenvalue weighted by Crippen LogP contribution is -2.60. The number of nitrogens with zero attached hydrogens (tertiary/aromatic N) is 1. The Morgan fingerprint density at radius 3 is 2.40 bits per heavy atom. The zero-order valence-electron chi connectivity index (χ0n) is 14.6. The number of hydrogen-bond acceptors (Lipinski definition) is 7. The molecule has 1 aliphatic heterocycles. The van der Waals surface area contributed by atoms with Gasteiger partial charge in [-0.3, -0.25) is 9.69 Å². The van der Waals surface area contributed by atoms with Crippen LogP contribution in [0, 0.1) is 11.8 Å². The fourth-order valence-electron chi connectivity index (χ4n) is 5.65. The molecule has 2 atom stereocenters. The Labute approximate surface area is 152 Å². The SMILES string of the molecule is O=C(CN1CCSCC1)OCC(=O)OC12CC3CC(CC(O)(C3)C1)C2. The fourth-order valence-corrected chi connectivity index (χ4v) is 6.63. The number of carbonyl (C=O) groups excluding carboxylic acids is 2. The lowest BCUT2D eigenvalue weighted by molar-refractivity contribution is -0.222. The van der Waals surface area contributed by atoms with Gasteiger partial charge in [-0.1, -0.05) is 0 Å². The topological polar surface area (TPSA) is 76.1 Å². The molecule has 6 nitrogen and oxygen atoms in total. The van der Waals surface area contributed by atoms with Crippen molar-refractivity contribution >= 4 is 23.7 Å². The quantitative estimate of drug-likeness (QED) is 0.730. The van der Waals surface area contributed by atoms with Crippen LogP contribution in [-0.2, 0) is 19.1 Å². The molecule has 0 amide bonds. The lowest BCUT2D eigenvalue weighted by Gasteiger charge is -2.59. The van der Waals surface area contributed by atoms with E-state index in [1.165, 1.54) is 0 Å². The second-order valence-corrected chi connectivity index (χ2v) is 9.62. The van der Waals surface area contributed by atoms with Crippen LogP contribution in [0.3, 0.4) is 0 Å². The molecule has 4 aliphatic carbocycles. The van der Waals surface area contributed by atoms with E-state index in [1.807, 2.05) is 11.8 Å². The summed E-state index contributed by atoms with van der Waals surface area (Å²) in [7, 11) is 0. The third kappa shape index (κ3) is 3.98. The summed E-state index contributed by atoms with van der Waals surface area (Å²) in [6, 6.07) is 0. The molecule has 0 aromatic carbocycles. The summed E-state index contributed by atoms with van der Waals surface area (Å²) in [5.74, 6) is 2.13. The van der Waals surface area contributed by atoms with Crippen molar-refractivity contribution in [3.05, 3.63) is 0 Å². The van der Waals surface area contributed by atoms with E-state index in [2.05, 4.69) is 4.90 Å². The summed E-state index contributed by atoms with van der Waals surface area (Å²) in [5, 5.41) is 10.7. The van der Waals surface area contributed by atoms with Crippen LogP contribution in [0.5, 0.6) is 0 Å². The van der Waals surface area contributed by atoms with Gasteiger partial charge in [0, 0.05) is 31.0 Å². The maximum absolute atomic E-state index is 12.2. The summed E-state index contributed by atoms with van der Waals surface area (Å²) in [6.07, 6.45) is 5.05. The number of esters is 2. The molecule has 0 spiro atoms. The van der Waals surface area contributed by atoms with Crippen LogP contribution in [0.2, 0.25) is 0 Å². The molecule has 1 N–H and O–H groups in total. The minimum Gasteiger partial charge on any atom is -0.456 e. The first-order valence-electron chi connectivity index (χ1n) is 9.34. The lowest BCUT2D eigenvalue weighted by atomic mass is 9.52. The number of hydrogen-bond donors (Lipinski definition) is 1. The van der Waals surface area contributed by atoms with Crippen molar-refractivity contribution in [2.24, 2.45) is 11.8 Å². The van der Waals surface area contributed by atoms with E-state index in [0.717, 1.165) is 56.7 Å². The molecular formula is C18H27NO5S. The van der Waals surface area contributed by atoms with Crippen molar-refractivity contribution in [2.75, 3.05) is 37.7 Å². The fraction of sp³-hybridized carbons (Fsp3) is 0.889. The van der Waals surface area contributed by atoms with Crippen LogP contribution >= 0.6 is 11.8 Å². The molecule has 5 aliphatic rings. The molecule has 1 heterocycles. The molecule has 7 heteroatoms. The highest BCUT2D eigenvalue weighted by Gasteiger charge is 2.59. The Bertz CT molecular complexity index is 534. The number of ether oxygens (including phenoxy) is 2. The van der Waals surface area contributed by atoms with Gasteiger partial charge >= 0.3 is 11.9 Å². The largest absolute Gasteiger partial charge is 0.456 e. The molecule has 25 heavy (non-hydrogen) atoms. The number of rotatable bonds is 5. The predicted octanol–water partition coefficient (Wildman–Crippen LogP) is 1.21. The minimum atomic E-state index is -0.659. The smallest absolute Gasteiger partial charge is 0.344 e. The number of carbonyl (C=O) groups is 2. The third-order valence-electron chi connectivity index (χ3n) is 6.11. The molecule has 4 bridgehead atoms. The monoisotopic (exact) mass is 369 g/mol. The van der Waals surface area contributed by atoms with E-state index in [1.54, 1.807) is 0 Å². The highest BCUT2D eigenvalue weighted by Crippen LogP contribution is 2.58. The van der Waals surface area contributed by atoms with E-state index < -0.39 is 17.2 Å². The van der Waals surface area contributed by atoms with Crippen molar-refractivity contribution in [1.82, 2.24) is 4.90 Å². The van der Waals surface area contributed by atoms with Crippen molar-refractivity contribution in [3.8, 4) is 0 Å². The Morgan fingerprint density at radius 1 is 1.08 bits per heavy atom. The maximum Gasteiger partial charge on any atom is 0.344 e. The standard InChI is InChI=1S/C18H27NO5S/c20-15(10-19-1-3-25-4-2-19)23-11-16(21)24-18-8-13-5-14(9-18)7-17(22,6-13)12-18/h13-14,22H,1-12H2. The van der Waals surface area contributed by atoms with Crippen LogP contribution in [-0.4, -0.2) is 70.9 Å². The van der Waals surface area contributed by atoms with Crippen LogP contribution in [0.4, 0.5) is 0 Å². The summed E-state index contributed by atoms with van der Waals surface area (Å²) < 4.78 is 10.9. The van der Waals surface area contributed by atoms with E-state index in [4.69, 9.17) is 9.47 Å². The average Bonchev–Trinajstić information content (AvgIpc) is 2.51. The van der Waals surface area contributed by atoms with Gasteiger partial charge in [0.15, 0.2) is 6.61 Å².